The first kappa shape index (κ1) is 11.9. The minimum atomic E-state index is 0.152. The molecule has 1 N–H and O–H groups in total. The van der Waals surface area contributed by atoms with Gasteiger partial charge in [-0.1, -0.05) is 6.07 Å². The lowest BCUT2D eigenvalue weighted by molar-refractivity contribution is 0.174. The molecule has 5 heteroatoms. The van der Waals surface area contributed by atoms with Crippen LogP contribution in [0.3, 0.4) is 0 Å². The molecular weight excluding hydrogens is 242 g/mol. The van der Waals surface area contributed by atoms with E-state index in [0.717, 1.165) is 29.3 Å². The van der Waals surface area contributed by atoms with E-state index >= 15 is 0 Å². The van der Waals surface area contributed by atoms with E-state index in [4.69, 9.17) is 9.47 Å². The maximum Gasteiger partial charge on any atom is 0.231 e. The number of hydrogen-bond donors (Lipinski definition) is 1. The summed E-state index contributed by atoms with van der Waals surface area (Å²) in [5, 5.41) is 3.41. The van der Waals surface area contributed by atoms with Crippen LogP contribution in [0, 0.1) is 0 Å². The van der Waals surface area contributed by atoms with Crippen molar-refractivity contribution in [1.29, 1.82) is 0 Å². The maximum absolute atomic E-state index is 5.36. The Morgan fingerprint density at radius 1 is 1.26 bits per heavy atom. The first-order valence-corrected chi connectivity index (χ1v) is 6.21. The number of nitrogens with one attached hydrogen (secondary N) is 1. The zero-order chi connectivity index (χ0) is 13.1. The van der Waals surface area contributed by atoms with Crippen molar-refractivity contribution in [2.45, 2.75) is 19.5 Å². The van der Waals surface area contributed by atoms with Crippen LogP contribution in [0.5, 0.6) is 11.5 Å². The third kappa shape index (κ3) is 2.66. The zero-order valence-electron chi connectivity index (χ0n) is 10.7. The summed E-state index contributed by atoms with van der Waals surface area (Å²) in [7, 11) is 0. The van der Waals surface area contributed by atoms with Crippen molar-refractivity contribution < 1.29 is 9.47 Å². The number of benzene rings is 1. The molecule has 1 unspecified atom stereocenters. The molecule has 2 heterocycles. The molecule has 1 aromatic carbocycles. The SMILES string of the molecule is CC(NCc1ccc2c(c1)OCO2)c1cnccn1. The summed E-state index contributed by atoms with van der Waals surface area (Å²) < 4.78 is 10.6. The van der Waals surface area contributed by atoms with Gasteiger partial charge in [0.1, 0.15) is 0 Å². The van der Waals surface area contributed by atoms with E-state index in [1.54, 1.807) is 18.6 Å². The highest BCUT2D eigenvalue weighted by molar-refractivity contribution is 5.44. The number of nitrogens with zero attached hydrogens (tertiary/aromatic N) is 2. The van der Waals surface area contributed by atoms with Crippen LogP contribution in [0.2, 0.25) is 0 Å². The topological polar surface area (TPSA) is 56.3 Å². The third-order valence-electron chi connectivity index (χ3n) is 3.08. The molecule has 0 saturated heterocycles. The average molecular weight is 257 g/mol. The van der Waals surface area contributed by atoms with Gasteiger partial charge in [0.2, 0.25) is 6.79 Å². The summed E-state index contributed by atoms with van der Waals surface area (Å²) in [4.78, 5) is 8.35. The lowest BCUT2D eigenvalue weighted by Gasteiger charge is -2.13. The maximum atomic E-state index is 5.36. The summed E-state index contributed by atoms with van der Waals surface area (Å²) in [5.74, 6) is 1.62. The first-order valence-electron chi connectivity index (χ1n) is 6.21. The van der Waals surface area contributed by atoms with Crippen LogP contribution >= 0.6 is 0 Å². The van der Waals surface area contributed by atoms with E-state index in [2.05, 4.69) is 22.2 Å². The molecule has 2 aromatic rings. The minimum absolute atomic E-state index is 0.152. The van der Waals surface area contributed by atoms with Crippen molar-refractivity contribution in [3.05, 3.63) is 48.0 Å². The Hall–Kier alpha value is -2.14. The third-order valence-corrected chi connectivity index (χ3v) is 3.08. The van der Waals surface area contributed by atoms with Gasteiger partial charge < -0.3 is 14.8 Å². The van der Waals surface area contributed by atoms with E-state index < -0.39 is 0 Å². The Morgan fingerprint density at radius 3 is 3.00 bits per heavy atom. The lowest BCUT2D eigenvalue weighted by Crippen LogP contribution is -2.19. The molecule has 5 nitrogen and oxygen atoms in total. The van der Waals surface area contributed by atoms with Gasteiger partial charge in [0, 0.05) is 31.2 Å². The number of aromatic nitrogens is 2. The highest BCUT2D eigenvalue weighted by atomic mass is 16.7. The normalized spacial score (nSPS) is 14.4. The van der Waals surface area contributed by atoms with Gasteiger partial charge in [0.05, 0.1) is 5.69 Å². The van der Waals surface area contributed by atoms with Gasteiger partial charge in [-0.2, -0.15) is 0 Å². The van der Waals surface area contributed by atoms with Crippen molar-refractivity contribution >= 4 is 0 Å². The second-order valence-electron chi connectivity index (χ2n) is 4.42. The van der Waals surface area contributed by atoms with E-state index in [0.29, 0.717) is 6.79 Å². The summed E-state index contributed by atoms with van der Waals surface area (Å²) in [6.07, 6.45) is 5.15. The van der Waals surface area contributed by atoms with Crippen molar-refractivity contribution in [3.63, 3.8) is 0 Å². The zero-order valence-corrected chi connectivity index (χ0v) is 10.7. The molecule has 0 spiro atoms. The second kappa shape index (κ2) is 5.24. The van der Waals surface area contributed by atoms with E-state index in [-0.39, 0.29) is 6.04 Å². The highest BCUT2D eigenvalue weighted by Crippen LogP contribution is 2.32. The summed E-state index contributed by atoms with van der Waals surface area (Å²) in [5.41, 5.74) is 2.09. The molecule has 0 bridgehead atoms. The Balaban J connectivity index is 1.63. The molecule has 98 valence electrons. The predicted molar refractivity (Wildman–Crippen MR) is 69.9 cm³/mol. The Kier molecular flexibility index (Phi) is 3.29. The summed E-state index contributed by atoms with van der Waals surface area (Å²) in [6, 6.07) is 6.12. The van der Waals surface area contributed by atoms with Crippen LogP contribution in [0.15, 0.2) is 36.8 Å². The van der Waals surface area contributed by atoms with Crippen LogP contribution in [-0.2, 0) is 6.54 Å². The first-order chi connectivity index (χ1) is 9.33. The van der Waals surface area contributed by atoms with Crippen molar-refractivity contribution in [1.82, 2.24) is 15.3 Å². The van der Waals surface area contributed by atoms with Gasteiger partial charge in [0.25, 0.3) is 0 Å². The molecule has 0 aliphatic carbocycles. The van der Waals surface area contributed by atoms with Crippen LogP contribution in [-0.4, -0.2) is 16.8 Å². The molecule has 1 aliphatic heterocycles. The van der Waals surface area contributed by atoms with Crippen LogP contribution in [0.1, 0.15) is 24.2 Å². The lowest BCUT2D eigenvalue weighted by atomic mass is 10.1. The van der Waals surface area contributed by atoms with Gasteiger partial charge in [0.15, 0.2) is 11.5 Å². The fourth-order valence-electron chi connectivity index (χ4n) is 1.96. The van der Waals surface area contributed by atoms with Gasteiger partial charge in [-0.25, -0.2) is 0 Å². The molecule has 3 rings (SSSR count). The molecule has 1 aromatic heterocycles. The number of rotatable bonds is 4. The van der Waals surface area contributed by atoms with E-state index in [9.17, 15) is 0 Å². The number of ether oxygens (including phenoxy) is 2. The Bertz CT molecular complexity index is 560. The Morgan fingerprint density at radius 2 is 2.16 bits per heavy atom. The van der Waals surface area contributed by atoms with E-state index in [1.807, 2.05) is 18.2 Å². The van der Waals surface area contributed by atoms with E-state index in [1.165, 1.54) is 0 Å². The molecule has 0 saturated carbocycles. The molecular formula is C14H15N3O2. The number of hydrogen-bond acceptors (Lipinski definition) is 5. The highest BCUT2D eigenvalue weighted by Gasteiger charge is 2.13. The fraction of sp³-hybridized carbons (Fsp3) is 0.286. The molecule has 0 fully saturated rings. The molecule has 1 aliphatic rings. The van der Waals surface area contributed by atoms with Gasteiger partial charge >= 0.3 is 0 Å². The quantitative estimate of drug-likeness (QED) is 0.908. The largest absolute Gasteiger partial charge is 0.454 e. The fourth-order valence-corrected chi connectivity index (χ4v) is 1.96. The van der Waals surface area contributed by atoms with Gasteiger partial charge in [-0.3, -0.25) is 9.97 Å². The second-order valence-corrected chi connectivity index (χ2v) is 4.42. The predicted octanol–water partition coefficient (Wildman–Crippen LogP) is 2.06. The smallest absolute Gasteiger partial charge is 0.231 e. The molecule has 19 heavy (non-hydrogen) atoms. The monoisotopic (exact) mass is 257 g/mol. The minimum Gasteiger partial charge on any atom is -0.454 e. The molecule has 0 radical (unpaired) electrons. The van der Waals surface area contributed by atoms with Gasteiger partial charge in [-0.05, 0) is 24.6 Å². The summed E-state index contributed by atoms with van der Waals surface area (Å²) in [6.45, 7) is 3.12. The number of fused-ring (bicyclic) bond motifs is 1. The van der Waals surface area contributed by atoms with Crippen LogP contribution in [0.25, 0.3) is 0 Å². The van der Waals surface area contributed by atoms with Crippen molar-refractivity contribution in [2.24, 2.45) is 0 Å². The van der Waals surface area contributed by atoms with Crippen molar-refractivity contribution in [3.8, 4) is 11.5 Å². The van der Waals surface area contributed by atoms with Crippen LogP contribution in [0.4, 0.5) is 0 Å². The van der Waals surface area contributed by atoms with Gasteiger partial charge in [-0.15, -0.1) is 0 Å². The summed E-state index contributed by atoms with van der Waals surface area (Å²) >= 11 is 0. The standard InChI is InChI=1S/C14H15N3O2/c1-10(12-8-15-4-5-16-12)17-7-11-2-3-13-14(6-11)19-9-18-13/h2-6,8,10,17H,7,9H2,1H3. The molecule has 0 amide bonds. The average Bonchev–Trinajstić information content (AvgIpc) is 2.93. The van der Waals surface area contributed by atoms with Crippen molar-refractivity contribution in [2.75, 3.05) is 6.79 Å². The van der Waals surface area contributed by atoms with Crippen LogP contribution < -0.4 is 14.8 Å². The molecule has 1 atom stereocenters. The Labute approximate surface area is 111 Å².